The molecule has 0 aliphatic carbocycles. The summed E-state index contributed by atoms with van der Waals surface area (Å²) in [5.41, 5.74) is 6.66. The van der Waals surface area contributed by atoms with E-state index in [1.807, 2.05) is 29.7 Å². The average molecular weight is 483 g/mol. The molecule has 0 saturated carbocycles. The molecule has 1 fully saturated rings. The van der Waals surface area contributed by atoms with E-state index in [2.05, 4.69) is 59.5 Å². The molecule has 1 aliphatic heterocycles. The zero-order valence-corrected chi connectivity index (χ0v) is 20.6. The number of aromatic nitrogens is 3. The van der Waals surface area contributed by atoms with Crippen LogP contribution in [0.4, 0.5) is 8.78 Å². The van der Waals surface area contributed by atoms with Gasteiger partial charge in [-0.1, -0.05) is 24.3 Å². The summed E-state index contributed by atoms with van der Waals surface area (Å²) in [5.74, 6) is -0.710. The number of fused-ring (bicyclic) bond motifs is 2. The number of aryl methyl sites for hydroxylation is 1. The van der Waals surface area contributed by atoms with E-state index < -0.39 is 11.6 Å². The first-order valence-corrected chi connectivity index (χ1v) is 12.5. The standard InChI is InChI=1S/C30H28F2N4/c1-17-10-23(11-18(2)34-17)21-6-4-20(5-7-21)22-8-9-36-28(16-33-29(36)13-22)25-12-19(3)35-30-26(25)14-24(31)15-27(30)32/h4-9,12-18,23,34H,10-11H2,1-3H3/t17-,18+,23?. The van der Waals surface area contributed by atoms with Crippen molar-refractivity contribution in [3.63, 3.8) is 0 Å². The molecular weight excluding hydrogens is 454 g/mol. The molecule has 182 valence electrons. The third-order valence-corrected chi connectivity index (χ3v) is 7.31. The van der Waals surface area contributed by atoms with Crippen molar-refractivity contribution in [3.8, 4) is 22.4 Å². The van der Waals surface area contributed by atoms with Gasteiger partial charge in [0, 0.05) is 41.0 Å². The van der Waals surface area contributed by atoms with Gasteiger partial charge in [-0.15, -0.1) is 0 Å². The first kappa shape index (κ1) is 22.8. The second-order valence-electron chi connectivity index (χ2n) is 10.1. The summed E-state index contributed by atoms with van der Waals surface area (Å²) in [5, 5.41) is 4.05. The van der Waals surface area contributed by atoms with Gasteiger partial charge in [0.2, 0.25) is 0 Å². The number of rotatable bonds is 3. The zero-order valence-electron chi connectivity index (χ0n) is 20.6. The first-order chi connectivity index (χ1) is 17.4. The van der Waals surface area contributed by atoms with Gasteiger partial charge in [0.05, 0.1) is 11.9 Å². The lowest BCUT2D eigenvalue weighted by Crippen LogP contribution is -2.41. The molecule has 36 heavy (non-hydrogen) atoms. The minimum Gasteiger partial charge on any atom is -0.312 e. The van der Waals surface area contributed by atoms with E-state index in [1.54, 1.807) is 6.20 Å². The molecule has 4 heterocycles. The number of piperidine rings is 1. The SMILES string of the molecule is Cc1cc(-c2cnc3cc(-c4ccc(C5C[C@@H](C)N[C@@H](C)C5)cc4)ccn23)c2cc(F)cc(F)c2n1. The molecule has 0 amide bonds. The third-order valence-electron chi connectivity index (χ3n) is 7.31. The Kier molecular flexibility index (Phi) is 5.56. The largest absolute Gasteiger partial charge is 0.312 e. The molecule has 4 nitrogen and oxygen atoms in total. The van der Waals surface area contributed by atoms with Crippen LogP contribution in [-0.2, 0) is 0 Å². The van der Waals surface area contributed by atoms with Crippen molar-refractivity contribution in [1.82, 2.24) is 19.7 Å². The molecule has 1 aliphatic rings. The van der Waals surface area contributed by atoms with E-state index in [0.717, 1.165) is 41.4 Å². The van der Waals surface area contributed by atoms with Crippen LogP contribution in [-0.4, -0.2) is 26.5 Å². The predicted molar refractivity (Wildman–Crippen MR) is 140 cm³/mol. The van der Waals surface area contributed by atoms with Crippen LogP contribution in [0.2, 0.25) is 0 Å². The van der Waals surface area contributed by atoms with Crippen molar-refractivity contribution in [3.05, 3.63) is 89.9 Å². The molecule has 2 aromatic carbocycles. The van der Waals surface area contributed by atoms with Crippen molar-refractivity contribution in [2.24, 2.45) is 0 Å². The second-order valence-corrected chi connectivity index (χ2v) is 10.1. The Morgan fingerprint density at radius 2 is 1.67 bits per heavy atom. The summed E-state index contributed by atoms with van der Waals surface area (Å²) >= 11 is 0. The van der Waals surface area contributed by atoms with Crippen molar-refractivity contribution >= 4 is 16.6 Å². The number of benzene rings is 2. The molecule has 6 rings (SSSR count). The van der Waals surface area contributed by atoms with E-state index in [1.165, 1.54) is 11.6 Å². The van der Waals surface area contributed by atoms with E-state index in [-0.39, 0.29) is 5.52 Å². The van der Waals surface area contributed by atoms with Gasteiger partial charge in [0.15, 0.2) is 5.82 Å². The monoisotopic (exact) mass is 482 g/mol. The summed E-state index contributed by atoms with van der Waals surface area (Å²) in [6, 6.07) is 18.1. The number of pyridine rings is 2. The first-order valence-electron chi connectivity index (χ1n) is 12.5. The zero-order chi connectivity index (χ0) is 25.0. The summed E-state index contributed by atoms with van der Waals surface area (Å²) in [4.78, 5) is 8.91. The molecule has 1 unspecified atom stereocenters. The lowest BCUT2D eigenvalue weighted by molar-refractivity contribution is 0.317. The minimum atomic E-state index is -0.664. The highest BCUT2D eigenvalue weighted by molar-refractivity contribution is 5.94. The highest BCUT2D eigenvalue weighted by Gasteiger charge is 2.24. The molecule has 0 spiro atoms. The summed E-state index contributed by atoms with van der Waals surface area (Å²) in [6.45, 7) is 6.32. The number of halogens is 2. The summed E-state index contributed by atoms with van der Waals surface area (Å²) in [7, 11) is 0. The van der Waals surface area contributed by atoms with Crippen LogP contribution in [0.5, 0.6) is 0 Å². The number of hydrogen-bond donors (Lipinski definition) is 1. The topological polar surface area (TPSA) is 42.2 Å². The van der Waals surface area contributed by atoms with Crippen LogP contribution >= 0.6 is 0 Å². The molecule has 3 aromatic heterocycles. The van der Waals surface area contributed by atoms with E-state index >= 15 is 0 Å². The maximum Gasteiger partial charge on any atom is 0.152 e. The molecule has 5 aromatic rings. The van der Waals surface area contributed by atoms with Crippen LogP contribution in [0, 0.1) is 18.6 Å². The molecule has 6 heteroatoms. The predicted octanol–water partition coefficient (Wildman–Crippen LogP) is 7.05. The summed E-state index contributed by atoms with van der Waals surface area (Å²) in [6.07, 6.45) is 6.03. The van der Waals surface area contributed by atoms with Gasteiger partial charge in [-0.3, -0.25) is 4.40 Å². The molecule has 0 radical (unpaired) electrons. The Labute approximate surface area is 209 Å². The summed E-state index contributed by atoms with van der Waals surface area (Å²) < 4.78 is 30.5. The molecule has 1 N–H and O–H groups in total. The molecule has 0 bridgehead atoms. The van der Waals surface area contributed by atoms with E-state index in [4.69, 9.17) is 0 Å². The van der Waals surface area contributed by atoms with Gasteiger partial charge < -0.3 is 5.32 Å². The minimum absolute atomic E-state index is 0.163. The number of nitrogens with one attached hydrogen (secondary N) is 1. The number of imidazole rings is 1. The van der Waals surface area contributed by atoms with Crippen LogP contribution in [0.3, 0.4) is 0 Å². The number of hydrogen-bond acceptors (Lipinski definition) is 3. The van der Waals surface area contributed by atoms with Gasteiger partial charge in [0.1, 0.15) is 17.0 Å². The maximum atomic E-state index is 14.5. The van der Waals surface area contributed by atoms with E-state index in [0.29, 0.717) is 34.6 Å². The quantitative estimate of drug-likeness (QED) is 0.300. The fraction of sp³-hybridized carbons (Fsp3) is 0.267. The Hall–Kier alpha value is -3.64. The lowest BCUT2D eigenvalue weighted by atomic mass is 9.83. The van der Waals surface area contributed by atoms with Crippen LogP contribution in [0.25, 0.3) is 38.9 Å². The Bertz CT molecular complexity index is 1580. The highest BCUT2D eigenvalue weighted by atomic mass is 19.1. The average Bonchev–Trinajstić information content (AvgIpc) is 3.27. The smallest absolute Gasteiger partial charge is 0.152 e. The highest BCUT2D eigenvalue weighted by Crippen LogP contribution is 2.34. The normalized spacial score (nSPS) is 20.3. The Morgan fingerprint density at radius 1 is 0.917 bits per heavy atom. The maximum absolute atomic E-state index is 14.5. The van der Waals surface area contributed by atoms with Gasteiger partial charge >= 0.3 is 0 Å². The lowest BCUT2D eigenvalue weighted by Gasteiger charge is -2.33. The molecule has 3 atom stereocenters. The third kappa shape index (κ3) is 4.05. The molecular formula is C30H28F2N4. The van der Waals surface area contributed by atoms with Gasteiger partial charge in [-0.05, 0) is 80.5 Å². The fourth-order valence-corrected chi connectivity index (χ4v) is 5.74. The van der Waals surface area contributed by atoms with Crippen molar-refractivity contribution < 1.29 is 8.78 Å². The Morgan fingerprint density at radius 3 is 2.42 bits per heavy atom. The van der Waals surface area contributed by atoms with Gasteiger partial charge in [-0.25, -0.2) is 18.7 Å². The Balaban J connectivity index is 1.36. The van der Waals surface area contributed by atoms with E-state index in [9.17, 15) is 8.78 Å². The fourth-order valence-electron chi connectivity index (χ4n) is 5.74. The van der Waals surface area contributed by atoms with Crippen molar-refractivity contribution in [2.75, 3.05) is 0 Å². The van der Waals surface area contributed by atoms with Gasteiger partial charge in [-0.2, -0.15) is 0 Å². The van der Waals surface area contributed by atoms with Crippen molar-refractivity contribution in [1.29, 1.82) is 0 Å². The molecule has 1 saturated heterocycles. The second kappa shape index (κ2) is 8.79. The van der Waals surface area contributed by atoms with Crippen molar-refractivity contribution in [2.45, 2.75) is 51.6 Å². The van der Waals surface area contributed by atoms with Crippen LogP contribution in [0.15, 0.2) is 67.0 Å². The van der Waals surface area contributed by atoms with Crippen LogP contribution in [0.1, 0.15) is 43.9 Å². The van der Waals surface area contributed by atoms with Crippen LogP contribution < -0.4 is 5.32 Å². The van der Waals surface area contributed by atoms with Gasteiger partial charge in [0.25, 0.3) is 0 Å². The number of nitrogens with zero attached hydrogens (tertiary/aromatic N) is 3.